The van der Waals surface area contributed by atoms with Crippen LogP contribution >= 0.6 is 0 Å². The average Bonchev–Trinajstić information content (AvgIpc) is 3.73. The smallest absolute Gasteiger partial charge is 0.121 e. The fraction of sp³-hybridized carbons (Fsp3) is 0.121. The molecule has 0 unspecified atom stereocenters. The van der Waals surface area contributed by atoms with Crippen LogP contribution in [-0.2, 0) is 10.8 Å². The molecule has 0 radical (unpaired) electrons. The number of aryl methyl sites for hydroxylation is 1. The van der Waals surface area contributed by atoms with Crippen LogP contribution in [0.15, 0.2) is 194 Å². The molecule has 0 N–H and O–H groups in total. The molecule has 0 saturated carbocycles. The van der Waals surface area contributed by atoms with E-state index in [-0.39, 0.29) is 10.8 Å². The van der Waals surface area contributed by atoms with Gasteiger partial charge in [0.15, 0.2) is 0 Å². The van der Waals surface area contributed by atoms with Crippen molar-refractivity contribution in [2.75, 3.05) is 7.11 Å². The fourth-order valence-corrected chi connectivity index (χ4v) is 12.4. The Balaban J connectivity index is 0.980. The topological polar surface area (TPSA) is 9.23 Å². The minimum atomic E-state index is -0.198. The summed E-state index contributed by atoms with van der Waals surface area (Å²) in [6.07, 6.45) is 0. The van der Waals surface area contributed by atoms with E-state index < -0.39 is 0 Å². The largest absolute Gasteiger partial charge is 0.496 e. The summed E-state index contributed by atoms with van der Waals surface area (Å²) in [6.45, 7) is 11.7. The van der Waals surface area contributed by atoms with Crippen LogP contribution in [0.2, 0.25) is 0 Å². The number of benzene rings is 11. The first-order valence-corrected chi connectivity index (χ1v) is 23.7. The lowest BCUT2D eigenvalue weighted by Crippen LogP contribution is -2.15. The molecule has 1 nitrogen and oxygen atoms in total. The van der Waals surface area contributed by atoms with E-state index in [2.05, 4.69) is 229 Å². The number of ether oxygens (including phenoxy) is 1. The first-order chi connectivity index (χ1) is 32.6. The van der Waals surface area contributed by atoms with Crippen molar-refractivity contribution in [1.29, 1.82) is 0 Å². The molecule has 67 heavy (non-hydrogen) atoms. The molecule has 1 heteroatoms. The van der Waals surface area contributed by atoms with Crippen molar-refractivity contribution in [1.82, 2.24) is 0 Å². The Morgan fingerprint density at radius 1 is 0.299 bits per heavy atom. The van der Waals surface area contributed by atoms with Crippen LogP contribution in [0.5, 0.6) is 5.75 Å². The van der Waals surface area contributed by atoms with Gasteiger partial charge in [-0.05, 0) is 175 Å². The van der Waals surface area contributed by atoms with Crippen molar-refractivity contribution in [2.24, 2.45) is 0 Å². The second-order valence-electron chi connectivity index (χ2n) is 19.9. The summed E-state index contributed by atoms with van der Waals surface area (Å²) in [6, 6.07) is 73.3. The van der Waals surface area contributed by atoms with Crippen LogP contribution in [0.25, 0.3) is 110 Å². The Kier molecular flexibility index (Phi) is 8.50. The summed E-state index contributed by atoms with van der Waals surface area (Å²) in [5.74, 6) is 0.902. The molecule has 0 spiro atoms. The van der Waals surface area contributed by atoms with Crippen LogP contribution in [0.4, 0.5) is 0 Å². The summed E-state index contributed by atoms with van der Waals surface area (Å²) >= 11 is 0. The number of fused-ring (bicyclic) bond motifs is 10. The van der Waals surface area contributed by atoms with Crippen molar-refractivity contribution in [3.8, 4) is 72.5 Å². The van der Waals surface area contributed by atoms with Gasteiger partial charge in [0.2, 0.25) is 0 Å². The highest BCUT2D eigenvalue weighted by Gasteiger charge is 2.38. The number of hydrogen-bond donors (Lipinski definition) is 0. The Bertz CT molecular complexity index is 3800. The zero-order chi connectivity index (χ0) is 45.3. The monoisotopic (exact) mass is 858 g/mol. The summed E-state index contributed by atoms with van der Waals surface area (Å²) in [5.41, 5.74) is 21.9. The quantitative estimate of drug-likeness (QED) is 0.157. The van der Waals surface area contributed by atoms with Crippen molar-refractivity contribution in [3.63, 3.8) is 0 Å². The maximum Gasteiger partial charge on any atom is 0.121 e. The summed E-state index contributed by atoms with van der Waals surface area (Å²) in [7, 11) is 1.75. The average molecular weight is 859 g/mol. The molecule has 13 rings (SSSR count). The lowest BCUT2D eigenvalue weighted by atomic mass is 9.79. The highest BCUT2D eigenvalue weighted by molar-refractivity contribution is 6.30. The summed E-state index contributed by atoms with van der Waals surface area (Å²) in [4.78, 5) is 0. The maximum atomic E-state index is 5.70. The highest BCUT2D eigenvalue weighted by Crippen LogP contribution is 2.55. The Morgan fingerprint density at radius 2 is 0.612 bits per heavy atom. The lowest BCUT2D eigenvalue weighted by Gasteiger charge is -2.24. The first-order valence-electron chi connectivity index (χ1n) is 23.7. The third-order valence-corrected chi connectivity index (χ3v) is 15.7. The molecule has 0 amide bonds. The van der Waals surface area contributed by atoms with Gasteiger partial charge in [-0.25, -0.2) is 0 Å². The van der Waals surface area contributed by atoms with E-state index in [4.69, 9.17) is 4.74 Å². The Labute approximate surface area is 393 Å². The van der Waals surface area contributed by atoms with Gasteiger partial charge in [-0.1, -0.05) is 191 Å². The molecule has 0 aliphatic heterocycles. The third-order valence-electron chi connectivity index (χ3n) is 15.7. The zero-order valence-corrected chi connectivity index (χ0v) is 38.9. The molecule has 0 atom stereocenters. The Morgan fingerprint density at radius 3 is 1.03 bits per heavy atom. The van der Waals surface area contributed by atoms with Crippen LogP contribution in [0.3, 0.4) is 0 Å². The second-order valence-corrected chi connectivity index (χ2v) is 19.9. The normalized spacial score (nSPS) is 14.1. The first kappa shape index (κ1) is 39.6. The molecule has 11 aromatic rings. The van der Waals surface area contributed by atoms with Gasteiger partial charge in [-0.15, -0.1) is 0 Å². The Hall–Kier alpha value is -7.74. The molecule has 2 aliphatic carbocycles. The minimum Gasteiger partial charge on any atom is -0.496 e. The third kappa shape index (κ3) is 5.61. The van der Waals surface area contributed by atoms with Gasteiger partial charge < -0.3 is 4.74 Å². The van der Waals surface area contributed by atoms with Gasteiger partial charge in [0.25, 0.3) is 0 Å². The van der Waals surface area contributed by atoms with E-state index in [0.717, 1.165) is 11.3 Å². The van der Waals surface area contributed by atoms with Gasteiger partial charge in [0.05, 0.1) is 7.11 Å². The molecule has 0 heterocycles. The number of hydrogen-bond acceptors (Lipinski definition) is 1. The molecule has 0 fully saturated rings. The van der Waals surface area contributed by atoms with Crippen LogP contribution in [0, 0.1) is 6.92 Å². The van der Waals surface area contributed by atoms with Crippen LogP contribution in [-0.4, -0.2) is 7.11 Å². The molecular formula is C66H50O. The van der Waals surface area contributed by atoms with Crippen molar-refractivity contribution >= 4 is 43.1 Å². The van der Waals surface area contributed by atoms with E-state index in [1.165, 1.54) is 132 Å². The fourth-order valence-electron chi connectivity index (χ4n) is 12.4. The van der Waals surface area contributed by atoms with E-state index in [1.54, 1.807) is 7.11 Å². The zero-order valence-electron chi connectivity index (χ0n) is 38.9. The molecule has 320 valence electrons. The van der Waals surface area contributed by atoms with Gasteiger partial charge in [0.1, 0.15) is 5.75 Å². The van der Waals surface area contributed by atoms with Crippen molar-refractivity contribution in [2.45, 2.75) is 45.4 Å². The van der Waals surface area contributed by atoms with Crippen molar-refractivity contribution < 1.29 is 4.74 Å². The summed E-state index contributed by atoms with van der Waals surface area (Å²) < 4.78 is 5.70. The molecule has 0 aromatic heterocycles. The highest BCUT2D eigenvalue weighted by atomic mass is 16.5. The minimum absolute atomic E-state index is 0.0412. The van der Waals surface area contributed by atoms with E-state index >= 15 is 0 Å². The molecule has 0 saturated heterocycles. The van der Waals surface area contributed by atoms with E-state index in [9.17, 15) is 0 Å². The van der Waals surface area contributed by atoms with E-state index in [0.29, 0.717) is 0 Å². The molecule has 0 bridgehead atoms. The van der Waals surface area contributed by atoms with Gasteiger partial charge in [-0.2, -0.15) is 0 Å². The van der Waals surface area contributed by atoms with Crippen LogP contribution in [0.1, 0.15) is 55.5 Å². The van der Waals surface area contributed by atoms with Gasteiger partial charge in [-0.3, -0.25) is 0 Å². The second kappa shape index (κ2) is 14.4. The predicted octanol–water partition coefficient (Wildman–Crippen LogP) is 17.9. The van der Waals surface area contributed by atoms with Gasteiger partial charge >= 0.3 is 0 Å². The molecular weight excluding hydrogens is 809 g/mol. The standard InChI is InChI=1S/C66H50O/c1-39-35-42(30-34-60(39)67-6)61-48-18-7-11-22-52(48)63(53-23-12-8-19-49(53)61)64-54-24-13-9-20-50(54)62(51-21-10-14-25-55(51)64)43-29-33-47-46-32-28-41(37-58(46)66(4,5)59(47)38-43)40-27-31-45-44-17-15-16-26-56(44)65(2,3)57(45)36-40/h7-38H,1-6H3. The molecule has 11 aromatic carbocycles. The number of rotatable bonds is 5. The predicted molar refractivity (Wildman–Crippen MR) is 285 cm³/mol. The maximum absolute atomic E-state index is 5.70. The molecule has 2 aliphatic rings. The summed E-state index contributed by atoms with van der Waals surface area (Å²) in [5, 5.41) is 10.0. The SMILES string of the molecule is COc1ccc(-c2c3ccccc3c(-c3c4ccccc4c(-c4ccc5c(c4)C(C)(C)c4cc(-c6ccc7c(c6)C(C)(C)c6ccccc6-7)ccc4-5)c4ccccc34)c3ccccc23)cc1C. The van der Waals surface area contributed by atoms with Crippen molar-refractivity contribution in [3.05, 3.63) is 222 Å². The lowest BCUT2D eigenvalue weighted by molar-refractivity contribution is 0.412. The van der Waals surface area contributed by atoms with Crippen LogP contribution < -0.4 is 4.74 Å². The van der Waals surface area contributed by atoms with Gasteiger partial charge in [0, 0.05) is 10.8 Å². The number of methoxy groups -OCH3 is 1. The van der Waals surface area contributed by atoms with E-state index in [1.807, 2.05) is 0 Å².